The maximum absolute atomic E-state index is 12.7. The van der Waals surface area contributed by atoms with E-state index in [0.29, 0.717) is 11.3 Å². The highest BCUT2D eigenvalue weighted by atomic mass is 32.2. The second-order valence-corrected chi connectivity index (χ2v) is 9.00. The molecule has 0 aliphatic heterocycles. The fourth-order valence-corrected chi connectivity index (χ4v) is 3.98. The quantitative estimate of drug-likeness (QED) is 0.521. The highest BCUT2D eigenvalue weighted by molar-refractivity contribution is 7.89. The van der Waals surface area contributed by atoms with Crippen LogP contribution < -0.4 is 10.6 Å². The molecule has 1 amide bonds. The van der Waals surface area contributed by atoms with Crippen molar-refractivity contribution >= 4 is 38.8 Å². The molecular weight excluding hydrogens is 414 g/mol. The van der Waals surface area contributed by atoms with Crippen LogP contribution in [-0.4, -0.2) is 38.0 Å². The van der Waals surface area contributed by atoms with Crippen LogP contribution in [0.2, 0.25) is 0 Å². The highest BCUT2D eigenvalue weighted by Gasteiger charge is 2.23. The molecule has 3 aromatic carbocycles. The minimum absolute atomic E-state index is 0.0177. The number of benzene rings is 3. The zero-order valence-corrected chi connectivity index (χ0v) is 18.0. The lowest BCUT2D eigenvalue weighted by molar-refractivity contribution is -0.116. The summed E-state index contributed by atoms with van der Waals surface area (Å²) in [5, 5.41) is 5.94. The van der Waals surface area contributed by atoms with Crippen molar-refractivity contribution in [3.8, 4) is 0 Å². The first kappa shape index (κ1) is 22.2. The monoisotopic (exact) mass is 437 g/mol. The number of ketones is 1. The van der Waals surface area contributed by atoms with Crippen LogP contribution in [0.4, 0.5) is 17.1 Å². The fourth-order valence-electron chi connectivity index (χ4n) is 2.85. The van der Waals surface area contributed by atoms with E-state index in [9.17, 15) is 18.0 Å². The lowest BCUT2D eigenvalue weighted by atomic mass is 10.2. The van der Waals surface area contributed by atoms with Gasteiger partial charge in [-0.2, -0.15) is 4.31 Å². The normalized spacial score (nSPS) is 11.2. The van der Waals surface area contributed by atoms with Gasteiger partial charge in [0.05, 0.1) is 11.4 Å². The molecule has 0 radical (unpaired) electrons. The molecule has 0 atom stereocenters. The molecule has 0 bridgehead atoms. The molecule has 160 valence electrons. The summed E-state index contributed by atoms with van der Waals surface area (Å²) in [5.74, 6) is -0.614. The second-order valence-electron chi connectivity index (χ2n) is 6.96. The number of sulfonamides is 1. The standard InChI is InChI=1S/C23H23N3O4S/c1-17(27)18-8-14-22(15-9-18)31(29,30)26(2)16-23(28)25-21-12-10-20(11-13-21)24-19-6-4-3-5-7-19/h3-15,24H,16H2,1-2H3,(H,25,28). The first-order chi connectivity index (χ1) is 14.8. The number of anilines is 3. The van der Waals surface area contributed by atoms with Gasteiger partial charge in [-0.25, -0.2) is 8.42 Å². The van der Waals surface area contributed by atoms with Crippen molar-refractivity contribution in [1.82, 2.24) is 4.31 Å². The molecule has 3 aromatic rings. The van der Waals surface area contributed by atoms with Crippen LogP contribution in [0.25, 0.3) is 0 Å². The smallest absolute Gasteiger partial charge is 0.243 e. The van der Waals surface area contributed by atoms with Gasteiger partial charge in [0.1, 0.15) is 0 Å². The summed E-state index contributed by atoms with van der Waals surface area (Å²) < 4.78 is 26.3. The second kappa shape index (κ2) is 9.55. The molecule has 8 heteroatoms. The van der Waals surface area contributed by atoms with Gasteiger partial charge in [0.25, 0.3) is 0 Å². The zero-order valence-electron chi connectivity index (χ0n) is 17.2. The van der Waals surface area contributed by atoms with E-state index in [-0.39, 0.29) is 17.2 Å². The van der Waals surface area contributed by atoms with E-state index in [1.165, 1.54) is 38.2 Å². The molecule has 0 heterocycles. The Morgan fingerprint density at radius 2 is 1.35 bits per heavy atom. The van der Waals surface area contributed by atoms with Crippen LogP contribution in [0.1, 0.15) is 17.3 Å². The number of carbonyl (C=O) groups excluding carboxylic acids is 2. The number of rotatable bonds is 8. The van der Waals surface area contributed by atoms with E-state index in [4.69, 9.17) is 0 Å². The van der Waals surface area contributed by atoms with Crippen molar-refractivity contribution in [3.63, 3.8) is 0 Å². The summed E-state index contributed by atoms with van der Waals surface area (Å²) in [6.07, 6.45) is 0. The van der Waals surface area contributed by atoms with Gasteiger partial charge in [-0.15, -0.1) is 0 Å². The van der Waals surface area contributed by atoms with E-state index < -0.39 is 15.9 Å². The van der Waals surface area contributed by atoms with Gasteiger partial charge < -0.3 is 10.6 Å². The minimum Gasteiger partial charge on any atom is -0.356 e. The number of Topliss-reactive ketones (excluding diaryl/α,β-unsaturated/α-hetero) is 1. The van der Waals surface area contributed by atoms with Crippen molar-refractivity contribution in [2.24, 2.45) is 0 Å². The Morgan fingerprint density at radius 1 is 0.806 bits per heavy atom. The Balaban J connectivity index is 1.59. The highest BCUT2D eigenvalue weighted by Crippen LogP contribution is 2.19. The third-order valence-corrected chi connectivity index (χ3v) is 6.38. The molecule has 0 saturated carbocycles. The molecule has 0 saturated heterocycles. The molecule has 0 aliphatic carbocycles. The summed E-state index contributed by atoms with van der Waals surface area (Å²) in [6.45, 7) is 1.06. The van der Waals surface area contributed by atoms with Crippen LogP contribution in [0.15, 0.2) is 83.8 Å². The van der Waals surface area contributed by atoms with Crippen LogP contribution in [-0.2, 0) is 14.8 Å². The first-order valence-corrected chi connectivity index (χ1v) is 11.0. The summed E-state index contributed by atoms with van der Waals surface area (Å²) >= 11 is 0. The summed E-state index contributed by atoms with van der Waals surface area (Å²) in [5.41, 5.74) is 2.78. The molecule has 0 fully saturated rings. The van der Waals surface area contributed by atoms with E-state index >= 15 is 0 Å². The summed E-state index contributed by atoms with van der Waals surface area (Å²) in [7, 11) is -2.52. The average molecular weight is 438 g/mol. The third kappa shape index (κ3) is 5.78. The van der Waals surface area contributed by atoms with Crippen molar-refractivity contribution in [3.05, 3.63) is 84.4 Å². The lowest BCUT2D eigenvalue weighted by Crippen LogP contribution is -2.35. The van der Waals surface area contributed by atoms with Crippen molar-refractivity contribution in [1.29, 1.82) is 0 Å². The number of hydrogen-bond acceptors (Lipinski definition) is 5. The van der Waals surface area contributed by atoms with Crippen molar-refractivity contribution < 1.29 is 18.0 Å². The van der Waals surface area contributed by atoms with Gasteiger partial charge in [0.15, 0.2) is 5.78 Å². The maximum Gasteiger partial charge on any atom is 0.243 e. The fraction of sp³-hybridized carbons (Fsp3) is 0.130. The van der Waals surface area contributed by atoms with Crippen molar-refractivity contribution in [2.45, 2.75) is 11.8 Å². The van der Waals surface area contributed by atoms with Gasteiger partial charge >= 0.3 is 0 Å². The molecule has 0 aliphatic rings. The number of carbonyl (C=O) groups is 2. The van der Waals surface area contributed by atoms with Gasteiger partial charge in [-0.3, -0.25) is 9.59 Å². The largest absolute Gasteiger partial charge is 0.356 e. The Hall–Kier alpha value is -3.49. The molecular formula is C23H23N3O4S. The first-order valence-electron chi connectivity index (χ1n) is 9.55. The van der Waals surface area contributed by atoms with E-state index in [0.717, 1.165) is 15.7 Å². The van der Waals surface area contributed by atoms with E-state index in [1.54, 1.807) is 12.1 Å². The van der Waals surface area contributed by atoms with Gasteiger partial charge in [-0.1, -0.05) is 30.3 Å². The molecule has 0 spiro atoms. The molecule has 31 heavy (non-hydrogen) atoms. The Morgan fingerprint density at radius 3 is 1.94 bits per heavy atom. The predicted molar refractivity (Wildman–Crippen MR) is 121 cm³/mol. The molecule has 0 unspecified atom stereocenters. The summed E-state index contributed by atoms with van der Waals surface area (Å²) in [4.78, 5) is 23.7. The Labute approximate surface area is 181 Å². The molecule has 7 nitrogen and oxygen atoms in total. The topological polar surface area (TPSA) is 95.6 Å². The van der Waals surface area contributed by atoms with E-state index in [2.05, 4.69) is 10.6 Å². The van der Waals surface area contributed by atoms with Crippen LogP contribution in [0.5, 0.6) is 0 Å². The Kier molecular flexibility index (Phi) is 6.84. The van der Waals surface area contributed by atoms with Crippen LogP contribution in [0.3, 0.4) is 0 Å². The lowest BCUT2D eigenvalue weighted by Gasteiger charge is -2.17. The molecule has 0 aromatic heterocycles. The number of nitrogens with zero attached hydrogens (tertiary/aromatic N) is 1. The predicted octanol–water partition coefficient (Wildman–Crippen LogP) is 3.89. The zero-order chi connectivity index (χ0) is 22.4. The Bertz CT molecular complexity index is 1160. The number of para-hydroxylation sites is 1. The van der Waals surface area contributed by atoms with E-state index in [1.807, 2.05) is 42.5 Å². The van der Waals surface area contributed by atoms with Crippen molar-refractivity contribution in [2.75, 3.05) is 24.2 Å². The number of hydrogen-bond donors (Lipinski definition) is 2. The molecule has 3 rings (SSSR count). The summed E-state index contributed by atoms with van der Waals surface area (Å²) in [6, 6.07) is 22.4. The number of amides is 1. The number of likely N-dealkylation sites (N-methyl/N-ethyl adjacent to an activating group) is 1. The third-order valence-electron chi connectivity index (χ3n) is 4.57. The molecule has 2 N–H and O–H groups in total. The van der Waals surface area contributed by atoms with Crippen LogP contribution >= 0.6 is 0 Å². The maximum atomic E-state index is 12.7. The average Bonchev–Trinajstić information content (AvgIpc) is 2.76. The van der Waals surface area contributed by atoms with Gasteiger partial charge in [-0.05, 0) is 55.5 Å². The van der Waals surface area contributed by atoms with Gasteiger partial charge in [0.2, 0.25) is 15.9 Å². The number of nitrogens with one attached hydrogen (secondary N) is 2. The van der Waals surface area contributed by atoms with Gasteiger partial charge in [0, 0.05) is 29.7 Å². The van der Waals surface area contributed by atoms with Crippen LogP contribution in [0, 0.1) is 0 Å². The minimum atomic E-state index is -3.86. The SMILES string of the molecule is CC(=O)c1ccc(S(=O)(=O)N(C)CC(=O)Nc2ccc(Nc3ccccc3)cc2)cc1.